The average molecular weight is 248 g/mol. The smallest absolute Gasteiger partial charge is 0.131 e. The van der Waals surface area contributed by atoms with Crippen LogP contribution in [-0.4, -0.2) is 4.98 Å². The molecule has 19 heavy (non-hydrogen) atoms. The van der Waals surface area contributed by atoms with E-state index in [9.17, 15) is 0 Å². The van der Waals surface area contributed by atoms with Gasteiger partial charge in [0.2, 0.25) is 0 Å². The summed E-state index contributed by atoms with van der Waals surface area (Å²) < 4.78 is 0. The summed E-state index contributed by atoms with van der Waals surface area (Å²) in [5.41, 5.74) is 2.20. The first-order valence-electron chi connectivity index (χ1n) is 6.57. The van der Waals surface area contributed by atoms with Gasteiger partial charge in [0.05, 0.1) is 5.69 Å². The van der Waals surface area contributed by atoms with E-state index in [0.717, 1.165) is 23.6 Å². The Bertz CT molecular complexity index is 690. The molecule has 0 fully saturated rings. The highest BCUT2D eigenvalue weighted by Crippen LogP contribution is 2.23. The third kappa shape index (κ3) is 2.43. The van der Waals surface area contributed by atoms with E-state index in [0.29, 0.717) is 0 Å². The van der Waals surface area contributed by atoms with Crippen molar-refractivity contribution in [3.63, 3.8) is 0 Å². The molecule has 2 aromatic carbocycles. The van der Waals surface area contributed by atoms with Crippen LogP contribution < -0.4 is 5.32 Å². The first-order chi connectivity index (χ1) is 9.36. The highest BCUT2D eigenvalue weighted by Gasteiger charge is 2.04. The molecule has 2 heteroatoms. The fourth-order valence-electron chi connectivity index (χ4n) is 2.27. The zero-order chi connectivity index (χ0) is 13.1. The lowest BCUT2D eigenvalue weighted by atomic mass is 10.1. The lowest BCUT2D eigenvalue weighted by Crippen LogP contribution is -1.97. The summed E-state index contributed by atoms with van der Waals surface area (Å²) in [7, 11) is 0. The van der Waals surface area contributed by atoms with E-state index in [-0.39, 0.29) is 0 Å². The molecular formula is C17H16N2. The SMILES string of the molecule is CCc1nc(Nc2ccccc2)cc2ccccc12. The minimum Gasteiger partial charge on any atom is -0.340 e. The van der Waals surface area contributed by atoms with Crippen molar-refractivity contribution < 1.29 is 0 Å². The first-order valence-corrected chi connectivity index (χ1v) is 6.57. The third-order valence-electron chi connectivity index (χ3n) is 3.20. The quantitative estimate of drug-likeness (QED) is 0.736. The maximum Gasteiger partial charge on any atom is 0.131 e. The van der Waals surface area contributed by atoms with Gasteiger partial charge in [-0.15, -0.1) is 0 Å². The summed E-state index contributed by atoms with van der Waals surface area (Å²) >= 11 is 0. The molecule has 0 bridgehead atoms. The summed E-state index contributed by atoms with van der Waals surface area (Å²) in [4.78, 5) is 4.70. The van der Waals surface area contributed by atoms with Gasteiger partial charge >= 0.3 is 0 Å². The van der Waals surface area contributed by atoms with Crippen molar-refractivity contribution in [1.82, 2.24) is 4.98 Å². The van der Waals surface area contributed by atoms with Gasteiger partial charge in [0.25, 0.3) is 0 Å². The number of aryl methyl sites for hydroxylation is 1. The third-order valence-corrected chi connectivity index (χ3v) is 3.20. The van der Waals surface area contributed by atoms with E-state index in [1.54, 1.807) is 0 Å². The average Bonchev–Trinajstić information content (AvgIpc) is 2.47. The van der Waals surface area contributed by atoms with Gasteiger partial charge in [0.15, 0.2) is 0 Å². The van der Waals surface area contributed by atoms with Crippen LogP contribution in [0.2, 0.25) is 0 Å². The number of aromatic nitrogens is 1. The van der Waals surface area contributed by atoms with Gasteiger partial charge in [-0.05, 0) is 30.0 Å². The summed E-state index contributed by atoms with van der Waals surface area (Å²) in [6.45, 7) is 2.14. The van der Waals surface area contributed by atoms with Crippen LogP contribution in [0.1, 0.15) is 12.6 Å². The highest BCUT2D eigenvalue weighted by atomic mass is 15.0. The van der Waals surface area contributed by atoms with Crippen molar-refractivity contribution in [2.24, 2.45) is 0 Å². The van der Waals surface area contributed by atoms with E-state index in [2.05, 4.69) is 42.6 Å². The predicted octanol–water partition coefficient (Wildman–Crippen LogP) is 4.54. The molecule has 1 aromatic heterocycles. The summed E-state index contributed by atoms with van der Waals surface area (Å²) in [6, 6.07) is 20.6. The van der Waals surface area contributed by atoms with Crippen LogP contribution in [0.4, 0.5) is 11.5 Å². The number of fused-ring (bicyclic) bond motifs is 1. The Hall–Kier alpha value is -2.35. The number of anilines is 2. The molecule has 0 aliphatic heterocycles. The Morgan fingerprint density at radius 2 is 1.68 bits per heavy atom. The fourth-order valence-corrected chi connectivity index (χ4v) is 2.27. The molecule has 0 radical (unpaired) electrons. The number of hydrogen-bond acceptors (Lipinski definition) is 2. The number of nitrogens with zero attached hydrogens (tertiary/aromatic N) is 1. The largest absolute Gasteiger partial charge is 0.340 e. The topological polar surface area (TPSA) is 24.9 Å². The van der Waals surface area contributed by atoms with Gasteiger partial charge in [-0.2, -0.15) is 0 Å². The van der Waals surface area contributed by atoms with Gasteiger partial charge in [-0.1, -0.05) is 49.4 Å². The molecule has 3 aromatic rings. The maximum atomic E-state index is 4.70. The number of hydrogen-bond donors (Lipinski definition) is 1. The van der Waals surface area contributed by atoms with E-state index in [1.807, 2.05) is 30.3 Å². The number of nitrogens with one attached hydrogen (secondary N) is 1. The molecule has 0 saturated carbocycles. The maximum absolute atomic E-state index is 4.70. The molecule has 0 unspecified atom stereocenters. The second-order valence-corrected chi connectivity index (χ2v) is 4.52. The molecule has 94 valence electrons. The molecule has 0 spiro atoms. The van der Waals surface area contributed by atoms with E-state index < -0.39 is 0 Å². The van der Waals surface area contributed by atoms with Crippen molar-refractivity contribution in [1.29, 1.82) is 0 Å². The van der Waals surface area contributed by atoms with Crippen molar-refractivity contribution in [2.75, 3.05) is 5.32 Å². The Labute approximate surface area is 113 Å². The Morgan fingerprint density at radius 3 is 2.47 bits per heavy atom. The van der Waals surface area contributed by atoms with Crippen LogP contribution in [0.3, 0.4) is 0 Å². The van der Waals surface area contributed by atoms with Crippen molar-refractivity contribution in [3.05, 3.63) is 66.4 Å². The van der Waals surface area contributed by atoms with Crippen molar-refractivity contribution in [3.8, 4) is 0 Å². The predicted molar refractivity (Wildman–Crippen MR) is 80.8 cm³/mol. The number of benzene rings is 2. The number of rotatable bonds is 3. The van der Waals surface area contributed by atoms with Crippen LogP contribution >= 0.6 is 0 Å². The standard InChI is InChI=1S/C17H16N2/c1-2-16-15-11-7-6-8-13(15)12-17(19-16)18-14-9-4-3-5-10-14/h3-12H,2H2,1H3,(H,18,19). The zero-order valence-electron chi connectivity index (χ0n) is 10.9. The Kier molecular flexibility index (Phi) is 3.15. The molecular weight excluding hydrogens is 232 g/mol. The van der Waals surface area contributed by atoms with Gasteiger partial charge in [0.1, 0.15) is 5.82 Å². The monoisotopic (exact) mass is 248 g/mol. The molecule has 0 amide bonds. The van der Waals surface area contributed by atoms with Crippen LogP contribution in [0, 0.1) is 0 Å². The summed E-state index contributed by atoms with van der Waals surface area (Å²) in [5, 5.41) is 5.83. The molecule has 0 atom stereocenters. The Balaban J connectivity index is 2.05. The summed E-state index contributed by atoms with van der Waals surface area (Å²) in [5.74, 6) is 0.904. The molecule has 1 heterocycles. The molecule has 3 rings (SSSR count). The van der Waals surface area contributed by atoms with Crippen LogP contribution in [0.5, 0.6) is 0 Å². The normalized spacial score (nSPS) is 10.6. The van der Waals surface area contributed by atoms with Gasteiger partial charge in [0, 0.05) is 11.1 Å². The van der Waals surface area contributed by atoms with Gasteiger partial charge in [-0.3, -0.25) is 0 Å². The highest BCUT2D eigenvalue weighted by molar-refractivity contribution is 5.87. The Morgan fingerprint density at radius 1 is 0.947 bits per heavy atom. The molecule has 2 nitrogen and oxygen atoms in total. The minimum absolute atomic E-state index is 0.904. The van der Waals surface area contributed by atoms with Crippen LogP contribution in [0.15, 0.2) is 60.7 Å². The van der Waals surface area contributed by atoms with E-state index in [1.165, 1.54) is 10.8 Å². The van der Waals surface area contributed by atoms with Gasteiger partial charge < -0.3 is 5.32 Å². The second-order valence-electron chi connectivity index (χ2n) is 4.52. The van der Waals surface area contributed by atoms with Crippen LogP contribution in [-0.2, 0) is 6.42 Å². The molecule has 0 aliphatic rings. The number of para-hydroxylation sites is 1. The second kappa shape index (κ2) is 5.11. The van der Waals surface area contributed by atoms with E-state index >= 15 is 0 Å². The molecule has 0 aliphatic carbocycles. The zero-order valence-corrected chi connectivity index (χ0v) is 10.9. The van der Waals surface area contributed by atoms with E-state index in [4.69, 9.17) is 4.98 Å². The van der Waals surface area contributed by atoms with Crippen molar-refractivity contribution >= 4 is 22.3 Å². The minimum atomic E-state index is 0.904. The lowest BCUT2D eigenvalue weighted by Gasteiger charge is -2.10. The van der Waals surface area contributed by atoms with Crippen molar-refractivity contribution in [2.45, 2.75) is 13.3 Å². The number of pyridine rings is 1. The summed E-state index contributed by atoms with van der Waals surface area (Å²) in [6.07, 6.45) is 0.935. The first kappa shape index (κ1) is 11.7. The lowest BCUT2D eigenvalue weighted by molar-refractivity contribution is 1.06. The van der Waals surface area contributed by atoms with Gasteiger partial charge in [-0.25, -0.2) is 4.98 Å². The fraction of sp³-hybridized carbons (Fsp3) is 0.118. The molecule has 0 saturated heterocycles. The molecule has 1 N–H and O–H groups in total. The van der Waals surface area contributed by atoms with Crippen LogP contribution in [0.25, 0.3) is 10.8 Å².